The minimum Gasteiger partial charge on any atom is -0.480 e. The van der Waals surface area contributed by atoms with Crippen LogP contribution in [0, 0.1) is 0 Å². The van der Waals surface area contributed by atoms with Crippen molar-refractivity contribution in [3.8, 4) is 11.1 Å². The van der Waals surface area contributed by atoms with Crippen molar-refractivity contribution < 1.29 is 38.5 Å². The second kappa shape index (κ2) is 10.1. The van der Waals surface area contributed by atoms with E-state index < -0.39 is 41.9 Å². The number of aliphatic carboxylic acids is 1. The third kappa shape index (κ3) is 4.97. The number of esters is 1. The van der Waals surface area contributed by atoms with Crippen LogP contribution in [0.2, 0.25) is 0 Å². The van der Waals surface area contributed by atoms with E-state index in [1.54, 1.807) is 0 Å². The van der Waals surface area contributed by atoms with Gasteiger partial charge in [-0.1, -0.05) is 48.5 Å². The fraction of sp³-hybridized carbons (Fsp3) is 0.360. The molecule has 10 nitrogen and oxygen atoms in total. The lowest BCUT2D eigenvalue weighted by Crippen LogP contribution is -2.62. The van der Waals surface area contributed by atoms with Crippen LogP contribution in [0.15, 0.2) is 48.5 Å². The molecule has 184 valence electrons. The normalized spacial score (nSPS) is 19.2. The molecule has 0 aromatic heterocycles. The number of methoxy groups -OCH3 is 1. The highest BCUT2D eigenvalue weighted by Crippen LogP contribution is 2.44. The maximum absolute atomic E-state index is 13.0. The van der Waals surface area contributed by atoms with Gasteiger partial charge in [-0.2, -0.15) is 0 Å². The predicted molar refractivity (Wildman–Crippen MR) is 123 cm³/mol. The molecular formula is C25H26N2O8. The van der Waals surface area contributed by atoms with Crippen LogP contribution in [-0.4, -0.2) is 67.6 Å². The molecule has 0 radical (unpaired) electrons. The molecule has 2 amide bonds. The number of amides is 2. The smallest absolute Gasteiger partial charge is 0.408 e. The molecule has 0 spiro atoms. The highest BCUT2D eigenvalue weighted by atomic mass is 16.6. The van der Waals surface area contributed by atoms with Crippen LogP contribution in [0.4, 0.5) is 4.79 Å². The molecule has 10 heteroatoms. The summed E-state index contributed by atoms with van der Waals surface area (Å²) < 4.78 is 15.4. The summed E-state index contributed by atoms with van der Waals surface area (Å²) in [5.74, 6) is -3.13. The Morgan fingerprint density at radius 3 is 2.26 bits per heavy atom. The van der Waals surface area contributed by atoms with Crippen LogP contribution in [0.25, 0.3) is 11.1 Å². The van der Waals surface area contributed by atoms with Crippen LogP contribution >= 0.6 is 0 Å². The van der Waals surface area contributed by atoms with E-state index in [4.69, 9.17) is 9.47 Å². The lowest BCUT2D eigenvalue weighted by molar-refractivity contribution is -0.149. The third-order valence-electron chi connectivity index (χ3n) is 6.34. The molecule has 2 aliphatic rings. The summed E-state index contributed by atoms with van der Waals surface area (Å²) in [5.41, 5.74) is 2.74. The summed E-state index contributed by atoms with van der Waals surface area (Å²) in [5, 5.41) is 14.2. The number of nitrogens with one attached hydrogen (secondary N) is 2. The molecule has 1 heterocycles. The number of benzene rings is 2. The van der Waals surface area contributed by atoms with Gasteiger partial charge in [0.15, 0.2) is 0 Å². The van der Waals surface area contributed by atoms with Gasteiger partial charge in [-0.05, 0) is 22.3 Å². The second-order valence-electron chi connectivity index (χ2n) is 8.48. The molecule has 2 aromatic rings. The van der Waals surface area contributed by atoms with E-state index in [9.17, 15) is 24.3 Å². The van der Waals surface area contributed by atoms with Crippen molar-refractivity contribution in [1.82, 2.24) is 10.6 Å². The van der Waals surface area contributed by atoms with Crippen molar-refractivity contribution >= 4 is 23.9 Å². The zero-order valence-corrected chi connectivity index (χ0v) is 19.1. The molecule has 4 rings (SSSR count). The van der Waals surface area contributed by atoms with E-state index >= 15 is 0 Å². The van der Waals surface area contributed by atoms with E-state index in [0.717, 1.165) is 29.4 Å². The van der Waals surface area contributed by atoms with Gasteiger partial charge in [-0.3, -0.25) is 9.59 Å². The number of hydrogen-bond donors (Lipinski definition) is 3. The molecule has 0 bridgehead atoms. The predicted octanol–water partition coefficient (Wildman–Crippen LogP) is 1.82. The van der Waals surface area contributed by atoms with E-state index in [0.29, 0.717) is 0 Å². The Morgan fingerprint density at radius 2 is 1.71 bits per heavy atom. The summed E-state index contributed by atoms with van der Waals surface area (Å²) in [7, 11) is 1.12. The van der Waals surface area contributed by atoms with Crippen LogP contribution in [0.1, 0.15) is 29.9 Å². The van der Waals surface area contributed by atoms with Gasteiger partial charge in [0.2, 0.25) is 5.91 Å². The average molecular weight is 482 g/mol. The molecule has 3 N–H and O–H groups in total. The number of rotatable bonds is 8. The quantitative estimate of drug-likeness (QED) is 0.484. The Bertz CT molecular complexity index is 1100. The molecule has 0 saturated carbocycles. The van der Waals surface area contributed by atoms with Crippen molar-refractivity contribution in [1.29, 1.82) is 0 Å². The van der Waals surface area contributed by atoms with E-state index in [1.165, 1.54) is 0 Å². The van der Waals surface area contributed by atoms with Crippen LogP contribution in [0.5, 0.6) is 0 Å². The first-order valence-electron chi connectivity index (χ1n) is 11.2. The number of carboxylic acid groups (broad SMARTS) is 1. The molecule has 1 aliphatic heterocycles. The Balaban J connectivity index is 1.44. The Hall–Kier alpha value is -3.92. The minimum atomic E-state index is -1.52. The number of fused-ring (bicyclic) bond motifs is 3. The lowest BCUT2D eigenvalue weighted by atomic mass is 9.96. The van der Waals surface area contributed by atoms with Crippen LogP contribution in [0.3, 0.4) is 0 Å². The summed E-state index contributed by atoms with van der Waals surface area (Å²) >= 11 is 0. The molecule has 1 saturated heterocycles. The highest BCUT2D eigenvalue weighted by Gasteiger charge is 2.46. The fourth-order valence-electron chi connectivity index (χ4n) is 4.48. The molecular weight excluding hydrogens is 456 g/mol. The first-order chi connectivity index (χ1) is 16.8. The molecule has 1 aliphatic carbocycles. The van der Waals surface area contributed by atoms with Crippen LogP contribution < -0.4 is 10.6 Å². The number of alkyl carbamates (subject to hydrolysis) is 1. The number of ether oxygens (including phenoxy) is 3. The van der Waals surface area contributed by atoms with E-state index in [2.05, 4.69) is 15.4 Å². The highest BCUT2D eigenvalue weighted by molar-refractivity contribution is 5.94. The molecule has 1 unspecified atom stereocenters. The number of carbonyl (C=O) groups excluding carboxylic acids is 3. The third-order valence-corrected chi connectivity index (χ3v) is 6.34. The van der Waals surface area contributed by atoms with Gasteiger partial charge in [0.25, 0.3) is 0 Å². The van der Waals surface area contributed by atoms with Gasteiger partial charge in [0, 0.05) is 18.9 Å². The van der Waals surface area contributed by atoms with Gasteiger partial charge >= 0.3 is 18.0 Å². The van der Waals surface area contributed by atoms with Gasteiger partial charge in [-0.25, -0.2) is 9.59 Å². The summed E-state index contributed by atoms with van der Waals surface area (Å²) in [6.45, 7) is 0.0813. The van der Waals surface area contributed by atoms with Gasteiger partial charge in [-0.15, -0.1) is 0 Å². The van der Waals surface area contributed by atoms with Crippen molar-refractivity contribution in [3.63, 3.8) is 0 Å². The maximum atomic E-state index is 13.0. The average Bonchev–Trinajstić information content (AvgIpc) is 3.45. The molecule has 2 aromatic carbocycles. The van der Waals surface area contributed by atoms with Gasteiger partial charge < -0.3 is 30.0 Å². The SMILES string of the molecule is COC(=O)C[C@@H](NC(=O)C1(NC(=O)OCC2c3ccccc3-c3ccccc32)CCOC1)C(=O)O. The van der Waals surface area contributed by atoms with Crippen molar-refractivity contribution in [2.45, 2.75) is 30.3 Å². The first-order valence-corrected chi connectivity index (χ1v) is 11.2. The number of carbonyl (C=O) groups is 4. The Labute approximate surface area is 201 Å². The minimum absolute atomic E-state index is 0.0541. The zero-order valence-electron chi connectivity index (χ0n) is 19.1. The molecule has 2 atom stereocenters. The first kappa shape index (κ1) is 24.2. The van der Waals surface area contributed by atoms with Crippen molar-refractivity contribution in [3.05, 3.63) is 59.7 Å². The largest absolute Gasteiger partial charge is 0.480 e. The lowest BCUT2D eigenvalue weighted by Gasteiger charge is -2.28. The summed E-state index contributed by atoms with van der Waals surface area (Å²) in [6, 6.07) is 14.3. The topological polar surface area (TPSA) is 140 Å². The number of hydrogen-bond acceptors (Lipinski definition) is 7. The fourth-order valence-corrected chi connectivity index (χ4v) is 4.48. The number of carboxylic acids is 1. The van der Waals surface area contributed by atoms with Crippen molar-refractivity contribution in [2.24, 2.45) is 0 Å². The van der Waals surface area contributed by atoms with E-state index in [1.807, 2.05) is 48.5 Å². The van der Waals surface area contributed by atoms with Crippen LogP contribution in [-0.2, 0) is 28.6 Å². The van der Waals surface area contributed by atoms with E-state index in [-0.39, 0.29) is 32.2 Å². The summed E-state index contributed by atoms with van der Waals surface area (Å²) in [4.78, 5) is 48.8. The monoisotopic (exact) mass is 482 g/mol. The second-order valence-corrected chi connectivity index (χ2v) is 8.48. The van der Waals surface area contributed by atoms with Crippen molar-refractivity contribution in [2.75, 3.05) is 26.9 Å². The summed E-state index contributed by atoms with van der Waals surface area (Å²) in [6.07, 6.45) is -1.26. The Kier molecular flexibility index (Phi) is 7.02. The standard InChI is InChI=1S/C25H26N2O8/c1-33-21(28)12-20(22(29)30)26-23(31)25(10-11-34-14-25)27-24(32)35-13-19-17-8-4-2-6-15(17)16-7-3-5-9-18(16)19/h2-9,19-20H,10-14H2,1H3,(H,26,31)(H,27,32)(H,29,30)/t20-,25?/m1/s1. The zero-order chi connectivity index (χ0) is 25.0. The molecule has 1 fully saturated rings. The van der Waals surface area contributed by atoms with Gasteiger partial charge in [0.1, 0.15) is 18.2 Å². The Morgan fingerprint density at radius 1 is 1.09 bits per heavy atom. The van der Waals surface area contributed by atoms with Gasteiger partial charge in [0.05, 0.1) is 20.1 Å². The molecule has 35 heavy (non-hydrogen) atoms. The maximum Gasteiger partial charge on any atom is 0.408 e.